The number of carbonyl (C=O) groups is 1. The van der Waals surface area contributed by atoms with Gasteiger partial charge >= 0.3 is 0 Å². The second-order valence-electron chi connectivity index (χ2n) is 7.20. The number of Topliss-reactive ketones (excluding diaryl/α,β-unsaturated/α-hetero) is 1. The van der Waals surface area contributed by atoms with Crippen LogP contribution in [0.15, 0.2) is 71.6 Å². The molecule has 1 aliphatic rings. The Balaban J connectivity index is 1.61. The average Bonchev–Trinajstić information content (AvgIpc) is 2.81. The highest BCUT2D eigenvalue weighted by molar-refractivity contribution is 7.97. The molecule has 1 aliphatic heterocycles. The van der Waals surface area contributed by atoms with Crippen molar-refractivity contribution >= 4 is 40.5 Å². The van der Waals surface area contributed by atoms with Gasteiger partial charge in [-0.15, -0.1) is 0 Å². The second kappa shape index (κ2) is 9.54. The predicted octanol–water partition coefficient (Wildman–Crippen LogP) is 5.28. The van der Waals surface area contributed by atoms with Crippen molar-refractivity contribution in [2.24, 2.45) is 0 Å². The standard InChI is InChI=1S/C26H20ClNO3S/c1-28-24-14-11-19(6-3-5-18-9-12-22(31-2)13-10-18)16-23(24)26(29)25(32(28)30)17-20-7-4-8-21(27)15-20/h4,7-17H,5H2,1-2H3/b25-17+. The summed E-state index contributed by atoms with van der Waals surface area (Å²) in [5.74, 6) is 6.81. The van der Waals surface area contributed by atoms with Crippen LogP contribution in [-0.4, -0.2) is 24.5 Å². The number of rotatable bonds is 3. The molecule has 0 N–H and O–H groups in total. The van der Waals surface area contributed by atoms with E-state index in [2.05, 4.69) is 11.8 Å². The number of allylic oxidation sites excluding steroid dienone is 1. The van der Waals surface area contributed by atoms with Crippen LogP contribution in [0.1, 0.15) is 27.0 Å². The molecule has 0 saturated heterocycles. The molecular weight excluding hydrogens is 442 g/mol. The van der Waals surface area contributed by atoms with Crippen molar-refractivity contribution in [3.8, 4) is 17.6 Å². The Morgan fingerprint density at radius 2 is 1.91 bits per heavy atom. The van der Waals surface area contributed by atoms with Gasteiger partial charge in [-0.3, -0.25) is 4.79 Å². The third-order valence-corrected chi connectivity index (χ3v) is 6.68. The fraction of sp³-hybridized carbons (Fsp3) is 0.115. The maximum atomic E-state index is 13.2. The highest BCUT2D eigenvalue weighted by Crippen LogP contribution is 2.35. The first-order chi connectivity index (χ1) is 15.5. The van der Waals surface area contributed by atoms with Crippen LogP contribution < -0.4 is 9.04 Å². The first-order valence-corrected chi connectivity index (χ1v) is 11.4. The van der Waals surface area contributed by atoms with E-state index in [-0.39, 0.29) is 10.7 Å². The highest BCUT2D eigenvalue weighted by atomic mass is 35.5. The smallest absolute Gasteiger partial charge is 0.245 e. The maximum absolute atomic E-state index is 13.2. The lowest BCUT2D eigenvalue weighted by Crippen LogP contribution is -2.36. The first kappa shape index (κ1) is 22.0. The van der Waals surface area contributed by atoms with Gasteiger partial charge in [0.25, 0.3) is 0 Å². The van der Waals surface area contributed by atoms with E-state index in [4.69, 9.17) is 16.3 Å². The van der Waals surface area contributed by atoms with Crippen molar-refractivity contribution < 1.29 is 14.1 Å². The Morgan fingerprint density at radius 1 is 1.12 bits per heavy atom. The number of hydrogen-bond acceptors (Lipinski definition) is 4. The van der Waals surface area contributed by atoms with Crippen LogP contribution in [-0.2, 0) is 17.8 Å². The summed E-state index contributed by atoms with van der Waals surface area (Å²) in [5, 5.41) is 0.552. The molecule has 160 valence electrons. The van der Waals surface area contributed by atoms with Crippen molar-refractivity contribution in [3.63, 3.8) is 0 Å². The van der Waals surface area contributed by atoms with E-state index in [0.29, 0.717) is 22.7 Å². The molecule has 0 aliphatic carbocycles. The molecule has 0 saturated carbocycles. The fourth-order valence-corrected chi connectivity index (χ4v) is 4.71. The number of carbonyl (C=O) groups excluding carboxylic acids is 1. The van der Waals surface area contributed by atoms with Gasteiger partial charge in [0.1, 0.15) is 17.1 Å². The SMILES string of the molecule is COc1ccc(CC#Cc2ccc3c(c2)C(=O)/C(=C\c2cccc(Cl)c2)[S+]([O-])N3C)cc1. The Kier molecular flexibility index (Phi) is 6.57. The van der Waals surface area contributed by atoms with Crippen LogP contribution >= 0.6 is 11.6 Å². The lowest BCUT2D eigenvalue weighted by Gasteiger charge is -2.29. The van der Waals surface area contributed by atoms with Crippen molar-refractivity contribution in [1.29, 1.82) is 0 Å². The van der Waals surface area contributed by atoms with E-state index < -0.39 is 11.4 Å². The molecule has 1 atom stereocenters. The van der Waals surface area contributed by atoms with Crippen molar-refractivity contribution in [2.45, 2.75) is 6.42 Å². The van der Waals surface area contributed by atoms with Crippen molar-refractivity contribution in [1.82, 2.24) is 0 Å². The molecule has 4 nitrogen and oxygen atoms in total. The van der Waals surface area contributed by atoms with Crippen LogP contribution in [0.2, 0.25) is 5.02 Å². The first-order valence-electron chi connectivity index (χ1n) is 9.89. The summed E-state index contributed by atoms with van der Waals surface area (Å²) in [6, 6.07) is 20.2. The summed E-state index contributed by atoms with van der Waals surface area (Å²) >= 11 is 4.45. The van der Waals surface area contributed by atoms with E-state index in [1.54, 1.807) is 54.9 Å². The number of nitrogens with zero attached hydrogens (tertiary/aromatic N) is 1. The number of ketones is 1. The van der Waals surface area contributed by atoms with Gasteiger partial charge in [-0.05, 0) is 53.6 Å². The maximum Gasteiger partial charge on any atom is 0.245 e. The Morgan fingerprint density at radius 3 is 2.62 bits per heavy atom. The fourth-order valence-electron chi connectivity index (χ4n) is 3.37. The molecule has 3 aromatic carbocycles. The zero-order chi connectivity index (χ0) is 22.7. The van der Waals surface area contributed by atoms with Gasteiger partial charge in [-0.1, -0.05) is 47.7 Å². The van der Waals surface area contributed by atoms with E-state index in [0.717, 1.165) is 22.4 Å². The van der Waals surface area contributed by atoms with Crippen molar-refractivity contribution in [3.05, 3.63) is 98.9 Å². The summed E-state index contributed by atoms with van der Waals surface area (Å²) in [7, 11) is 3.34. The molecule has 0 amide bonds. The molecule has 0 radical (unpaired) electrons. The van der Waals surface area contributed by atoms with E-state index in [1.165, 1.54) is 0 Å². The molecule has 32 heavy (non-hydrogen) atoms. The van der Waals surface area contributed by atoms with Crippen LogP contribution in [0.3, 0.4) is 0 Å². The number of halogens is 1. The minimum absolute atomic E-state index is 0.214. The average molecular weight is 462 g/mol. The summed E-state index contributed by atoms with van der Waals surface area (Å²) in [5.41, 5.74) is 3.64. The summed E-state index contributed by atoms with van der Waals surface area (Å²) in [6.45, 7) is 0. The van der Waals surface area contributed by atoms with Crippen LogP contribution in [0.5, 0.6) is 5.75 Å². The number of anilines is 1. The zero-order valence-corrected chi connectivity index (χ0v) is 19.2. The summed E-state index contributed by atoms with van der Waals surface area (Å²) in [4.78, 5) is 13.4. The number of benzene rings is 3. The van der Waals surface area contributed by atoms with Gasteiger partial charge in [0.2, 0.25) is 10.7 Å². The van der Waals surface area contributed by atoms with E-state index >= 15 is 0 Å². The normalized spacial score (nSPS) is 16.4. The minimum atomic E-state index is -1.61. The summed E-state index contributed by atoms with van der Waals surface area (Å²) < 4.78 is 19.7. The molecule has 1 unspecified atom stereocenters. The third kappa shape index (κ3) is 4.68. The molecule has 0 aromatic heterocycles. The highest BCUT2D eigenvalue weighted by Gasteiger charge is 2.38. The van der Waals surface area contributed by atoms with Gasteiger partial charge in [0.15, 0.2) is 0 Å². The van der Waals surface area contributed by atoms with Crippen LogP contribution in [0.4, 0.5) is 5.69 Å². The van der Waals surface area contributed by atoms with Crippen molar-refractivity contribution in [2.75, 3.05) is 18.5 Å². The molecule has 4 rings (SSSR count). The van der Waals surface area contributed by atoms with E-state index in [9.17, 15) is 9.35 Å². The Hall–Kier alpha value is -3.17. The monoisotopic (exact) mass is 461 g/mol. The summed E-state index contributed by atoms with van der Waals surface area (Å²) in [6.07, 6.45) is 2.21. The molecule has 0 spiro atoms. The molecule has 6 heteroatoms. The number of hydrogen-bond donors (Lipinski definition) is 0. The number of fused-ring (bicyclic) bond motifs is 1. The third-order valence-electron chi connectivity index (χ3n) is 5.07. The lowest BCUT2D eigenvalue weighted by molar-refractivity contribution is 0.104. The number of methoxy groups -OCH3 is 1. The van der Waals surface area contributed by atoms with Crippen LogP contribution in [0.25, 0.3) is 6.08 Å². The zero-order valence-electron chi connectivity index (χ0n) is 17.6. The minimum Gasteiger partial charge on any atom is -0.588 e. The molecule has 3 aromatic rings. The lowest BCUT2D eigenvalue weighted by atomic mass is 10.0. The van der Waals surface area contributed by atoms with Gasteiger partial charge in [-0.25, -0.2) is 0 Å². The van der Waals surface area contributed by atoms with Gasteiger partial charge < -0.3 is 9.29 Å². The Bertz CT molecular complexity index is 1260. The van der Waals surface area contributed by atoms with Gasteiger partial charge in [0.05, 0.1) is 25.4 Å². The van der Waals surface area contributed by atoms with Crippen LogP contribution in [0, 0.1) is 11.8 Å². The molecular formula is C26H20ClNO3S. The molecule has 0 bridgehead atoms. The topological polar surface area (TPSA) is 52.6 Å². The number of ether oxygens (including phenoxy) is 1. The second-order valence-corrected chi connectivity index (χ2v) is 9.12. The van der Waals surface area contributed by atoms with E-state index in [1.807, 2.05) is 36.4 Å². The quantitative estimate of drug-likeness (QED) is 0.302. The predicted molar refractivity (Wildman–Crippen MR) is 130 cm³/mol. The molecule has 0 fully saturated rings. The van der Waals surface area contributed by atoms with Gasteiger partial charge in [0, 0.05) is 23.1 Å². The largest absolute Gasteiger partial charge is 0.588 e. The Labute approximate surface area is 195 Å². The molecule has 1 heterocycles. The van der Waals surface area contributed by atoms with Gasteiger partial charge in [-0.2, -0.15) is 4.31 Å².